The molecule has 17 heavy (non-hydrogen) atoms. The van der Waals surface area contributed by atoms with Gasteiger partial charge >= 0.3 is 5.97 Å². The van der Waals surface area contributed by atoms with Crippen molar-refractivity contribution in [1.29, 1.82) is 0 Å². The minimum atomic E-state index is -0.697. The van der Waals surface area contributed by atoms with Crippen molar-refractivity contribution in [1.82, 2.24) is 5.32 Å². The summed E-state index contributed by atoms with van der Waals surface area (Å²) in [6, 6.07) is 6.09. The van der Waals surface area contributed by atoms with Gasteiger partial charge in [-0.2, -0.15) is 0 Å². The van der Waals surface area contributed by atoms with Gasteiger partial charge in [-0.15, -0.1) is 0 Å². The predicted molar refractivity (Wildman–Crippen MR) is 61.9 cm³/mol. The molecule has 0 radical (unpaired) electrons. The van der Waals surface area contributed by atoms with Gasteiger partial charge in [-0.3, -0.25) is 4.79 Å². The van der Waals surface area contributed by atoms with Gasteiger partial charge in [-0.1, -0.05) is 12.1 Å². The Morgan fingerprint density at radius 3 is 2.47 bits per heavy atom. The maximum atomic E-state index is 11.9. The molecule has 1 atom stereocenters. The van der Waals surface area contributed by atoms with Crippen molar-refractivity contribution in [3.8, 4) is 5.75 Å². The minimum absolute atomic E-state index is 0.375. The summed E-state index contributed by atoms with van der Waals surface area (Å²) in [4.78, 5) is 23.0. The summed E-state index contributed by atoms with van der Waals surface area (Å²) in [6.45, 7) is 1.55. The molecule has 0 fully saturated rings. The van der Waals surface area contributed by atoms with Gasteiger partial charge in [0.15, 0.2) is 0 Å². The van der Waals surface area contributed by atoms with Crippen LogP contribution in [-0.2, 0) is 9.53 Å². The fourth-order valence-corrected chi connectivity index (χ4v) is 1.34. The Balaban J connectivity index is 2.79. The molecule has 0 aromatic heterocycles. The average molecular weight is 237 g/mol. The van der Waals surface area contributed by atoms with Crippen LogP contribution in [0.4, 0.5) is 0 Å². The Morgan fingerprint density at radius 1 is 1.24 bits per heavy atom. The number of amides is 1. The number of methoxy groups -OCH3 is 2. The van der Waals surface area contributed by atoms with E-state index in [1.807, 2.05) is 0 Å². The second-order valence-corrected chi connectivity index (χ2v) is 3.42. The van der Waals surface area contributed by atoms with Gasteiger partial charge in [0.25, 0.3) is 5.91 Å². The quantitative estimate of drug-likeness (QED) is 0.793. The van der Waals surface area contributed by atoms with Crippen LogP contribution in [0, 0.1) is 0 Å². The average Bonchev–Trinajstić information content (AvgIpc) is 2.37. The number of para-hydroxylation sites is 1. The molecular weight excluding hydrogens is 222 g/mol. The first kappa shape index (κ1) is 13.0. The molecule has 1 amide bonds. The summed E-state index contributed by atoms with van der Waals surface area (Å²) in [5, 5.41) is 2.53. The van der Waals surface area contributed by atoms with E-state index in [9.17, 15) is 9.59 Å². The molecule has 92 valence electrons. The number of hydrogen-bond acceptors (Lipinski definition) is 4. The largest absolute Gasteiger partial charge is 0.496 e. The van der Waals surface area contributed by atoms with Crippen molar-refractivity contribution >= 4 is 11.9 Å². The topological polar surface area (TPSA) is 64.6 Å². The summed E-state index contributed by atoms with van der Waals surface area (Å²) in [6.07, 6.45) is 0. The van der Waals surface area contributed by atoms with E-state index in [2.05, 4.69) is 10.1 Å². The first-order valence-electron chi connectivity index (χ1n) is 5.12. The third-order valence-electron chi connectivity index (χ3n) is 2.25. The molecule has 0 spiro atoms. The second-order valence-electron chi connectivity index (χ2n) is 3.42. The molecule has 5 heteroatoms. The van der Waals surface area contributed by atoms with Gasteiger partial charge in [0, 0.05) is 0 Å². The predicted octanol–water partition coefficient (Wildman–Crippen LogP) is 0.986. The van der Waals surface area contributed by atoms with Crippen molar-refractivity contribution in [3.63, 3.8) is 0 Å². The van der Waals surface area contributed by atoms with E-state index < -0.39 is 12.0 Å². The van der Waals surface area contributed by atoms with Crippen molar-refractivity contribution in [2.24, 2.45) is 0 Å². The second kappa shape index (κ2) is 5.89. The number of nitrogens with one attached hydrogen (secondary N) is 1. The number of esters is 1. The van der Waals surface area contributed by atoms with Crippen LogP contribution in [-0.4, -0.2) is 32.1 Å². The Kier molecular flexibility index (Phi) is 4.51. The molecule has 1 N–H and O–H groups in total. The fraction of sp³-hybridized carbons (Fsp3) is 0.333. The van der Waals surface area contributed by atoms with Crippen molar-refractivity contribution in [3.05, 3.63) is 29.8 Å². The standard InChI is InChI=1S/C12H15NO4/c1-8(12(15)17-3)13-11(14)9-6-4-5-7-10(9)16-2/h4-8H,1-3H3,(H,13,14)/t8-/m0/s1. The zero-order chi connectivity index (χ0) is 12.8. The van der Waals surface area contributed by atoms with Crippen LogP contribution >= 0.6 is 0 Å². The lowest BCUT2D eigenvalue weighted by Gasteiger charge is -2.13. The molecular formula is C12H15NO4. The number of ether oxygens (including phenoxy) is 2. The van der Waals surface area contributed by atoms with E-state index in [-0.39, 0.29) is 5.91 Å². The first-order chi connectivity index (χ1) is 8.10. The van der Waals surface area contributed by atoms with Crippen molar-refractivity contribution < 1.29 is 19.1 Å². The van der Waals surface area contributed by atoms with Gasteiger partial charge in [0.2, 0.25) is 0 Å². The highest BCUT2D eigenvalue weighted by Crippen LogP contribution is 2.16. The highest BCUT2D eigenvalue weighted by molar-refractivity contribution is 5.98. The Hall–Kier alpha value is -2.04. The van der Waals surface area contributed by atoms with E-state index in [1.54, 1.807) is 31.2 Å². The SMILES string of the molecule is COC(=O)[C@H](C)NC(=O)c1ccccc1OC. The molecule has 5 nitrogen and oxygen atoms in total. The highest BCUT2D eigenvalue weighted by atomic mass is 16.5. The molecule has 0 heterocycles. The van der Waals surface area contributed by atoms with Crippen LogP contribution in [0.15, 0.2) is 24.3 Å². The normalized spacial score (nSPS) is 11.5. The van der Waals surface area contributed by atoms with Crippen LogP contribution in [0.2, 0.25) is 0 Å². The number of rotatable bonds is 4. The van der Waals surface area contributed by atoms with E-state index in [1.165, 1.54) is 14.2 Å². The molecule has 1 aromatic carbocycles. The minimum Gasteiger partial charge on any atom is -0.496 e. The molecule has 1 rings (SSSR count). The lowest BCUT2D eigenvalue weighted by Crippen LogP contribution is -2.39. The molecule has 0 bridgehead atoms. The van der Waals surface area contributed by atoms with E-state index in [0.717, 1.165) is 0 Å². The Labute approximate surface area is 99.7 Å². The van der Waals surface area contributed by atoms with E-state index >= 15 is 0 Å². The summed E-state index contributed by atoms with van der Waals surface area (Å²) in [5.41, 5.74) is 0.380. The molecule has 1 aromatic rings. The molecule has 0 aliphatic heterocycles. The Morgan fingerprint density at radius 2 is 1.88 bits per heavy atom. The smallest absolute Gasteiger partial charge is 0.328 e. The zero-order valence-electron chi connectivity index (χ0n) is 10.0. The fourth-order valence-electron chi connectivity index (χ4n) is 1.34. The van der Waals surface area contributed by atoms with Gasteiger partial charge < -0.3 is 14.8 Å². The highest BCUT2D eigenvalue weighted by Gasteiger charge is 2.18. The molecule has 0 aliphatic carbocycles. The number of hydrogen-bond donors (Lipinski definition) is 1. The maximum Gasteiger partial charge on any atom is 0.328 e. The van der Waals surface area contributed by atoms with E-state index in [4.69, 9.17) is 4.74 Å². The summed E-state index contributed by atoms with van der Waals surface area (Å²) in [5.74, 6) is -0.407. The van der Waals surface area contributed by atoms with Crippen LogP contribution in [0.1, 0.15) is 17.3 Å². The third kappa shape index (κ3) is 3.21. The number of benzene rings is 1. The van der Waals surface area contributed by atoms with Gasteiger partial charge in [0.1, 0.15) is 11.8 Å². The zero-order valence-corrected chi connectivity index (χ0v) is 10.0. The summed E-state index contributed by atoms with van der Waals surface area (Å²) >= 11 is 0. The molecule has 0 saturated carbocycles. The van der Waals surface area contributed by atoms with Crippen LogP contribution in [0.25, 0.3) is 0 Å². The summed E-state index contributed by atoms with van der Waals surface area (Å²) in [7, 11) is 2.75. The lowest BCUT2D eigenvalue weighted by atomic mass is 10.1. The monoisotopic (exact) mass is 237 g/mol. The Bertz CT molecular complexity index is 417. The van der Waals surface area contributed by atoms with Crippen molar-refractivity contribution in [2.75, 3.05) is 14.2 Å². The number of carbonyl (C=O) groups is 2. The first-order valence-corrected chi connectivity index (χ1v) is 5.12. The van der Waals surface area contributed by atoms with Gasteiger partial charge in [0.05, 0.1) is 19.8 Å². The van der Waals surface area contributed by atoms with E-state index in [0.29, 0.717) is 11.3 Å². The molecule has 0 saturated heterocycles. The lowest BCUT2D eigenvalue weighted by molar-refractivity contribution is -0.142. The van der Waals surface area contributed by atoms with Crippen molar-refractivity contribution in [2.45, 2.75) is 13.0 Å². The van der Waals surface area contributed by atoms with Crippen LogP contribution < -0.4 is 10.1 Å². The van der Waals surface area contributed by atoms with Crippen LogP contribution in [0.5, 0.6) is 5.75 Å². The molecule has 0 unspecified atom stereocenters. The third-order valence-corrected chi connectivity index (χ3v) is 2.25. The van der Waals surface area contributed by atoms with Gasteiger partial charge in [-0.25, -0.2) is 4.79 Å². The van der Waals surface area contributed by atoms with Gasteiger partial charge in [-0.05, 0) is 19.1 Å². The molecule has 0 aliphatic rings. The number of carbonyl (C=O) groups excluding carboxylic acids is 2. The summed E-state index contributed by atoms with van der Waals surface area (Å²) < 4.78 is 9.58. The maximum absolute atomic E-state index is 11.9. The van der Waals surface area contributed by atoms with Crippen LogP contribution in [0.3, 0.4) is 0 Å².